The maximum Gasteiger partial charge on any atom is 0.423 e. The molecule has 1 aliphatic heterocycles. The lowest BCUT2D eigenvalue weighted by molar-refractivity contribution is -0.158. The monoisotopic (exact) mass is 720 g/mol. The Labute approximate surface area is 301 Å². The Bertz CT molecular complexity index is 1770. The number of benzene rings is 2. The van der Waals surface area contributed by atoms with Crippen LogP contribution >= 0.6 is 12.6 Å². The standard InChI is InChI=1S/C36H40N4O10S/c1-4-23-6-5-7-26(16-23)40(33-27-17-29(47-14-12-45-2)30(48-15-13-46-3)18-28(27)37-21-38-33)36(44)50-22-49-35(43)25-10-8-24(9-11-25)20-39-32(41)19-31(51)34(39)42/h1,5-7,16-18,21,24-25,31,51H,8-15,19-20,22H2,2-3H3. The number of carbonyl (C=O) groups excluding carboxylic acids is 4. The first-order chi connectivity index (χ1) is 24.7. The van der Waals surface area contributed by atoms with Crippen molar-refractivity contribution in [3.05, 3.63) is 48.3 Å². The molecule has 5 rings (SSSR count). The number of fused-ring (bicyclic) bond motifs is 1. The number of thiol groups is 1. The van der Waals surface area contributed by atoms with Crippen molar-refractivity contribution in [3.63, 3.8) is 0 Å². The van der Waals surface area contributed by atoms with Crippen LogP contribution in [0.1, 0.15) is 37.7 Å². The van der Waals surface area contributed by atoms with Crippen LogP contribution in [0, 0.1) is 24.2 Å². The highest BCUT2D eigenvalue weighted by molar-refractivity contribution is 7.81. The number of amides is 3. The number of terminal acetylenes is 1. The van der Waals surface area contributed by atoms with Gasteiger partial charge in [-0.25, -0.2) is 19.7 Å². The highest BCUT2D eigenvalue weighted by Crippen LogP contribution is 2.38. The van der Waals surface area contributed by atoms with E-state index in [0.717, 1.165) is 0 Å². The van der Waals surface area contributed by atoms with E-state index in [-0.39, 0.29) is 43.2 Å². The summed E-state index contributed by atoms with van der Waals surface area (Å²) in [6.45, 7) is 0.836. The van der Waals surface area contributed by atoms with E-state index in [1.54, 1.807) is 50.6 Å². The molecule has 2 heterocycles. The normalized spacial score (nSPS) is 18.7. The van der Waals surface area contributed by atoms with Gasteiger partial charge in [0.25, 0.3) is 0 Å². The van der Waals surface area contributed by atoms with Crippen molar-refractivity contribution in [1.29, 1.82) is 0 Å². The lowest BCUT2D eigenvalue weighted by Crippen LogP contribution is -2.37. The molecule has 0 N–H and O–H groups in total. The summed E-state index contributed by atoms with van der Waals surface area (Å²) in [7, 11) is 3.13. The zero-order valence-electron chi connectivity index (χ0n) is 28.4. The van der Waals surface area contributed by atoms with E-state index in [1.807, 2.05) is 0 Å². The summed E-state index contributed by atoms with van der Waals surface area (Å²) in [5.74, 6) is 2.19. The predicted molar refractivity (Wildman–Crippen MR) is 188 cm³/mol. The summed E-state index contributed by atoms with van der Waals surface area (Å²) >= 11 is 4.18. The van der Waals surface area contributed by atoms with Crippen LogP contribution < -0.4 is 14.4 Å². The fourth-order valence-electron chi connectivity index (χ4n) is 5.99. The van der Waals surface area contributed by atoms with Gasteiger partial charge in [-0.1, -0.05) is 12.0 Å². The molecule has 1 atom stereocenters. The van der Waals surface area contributed by atoms with Crippen LogP contribution in [0.15, 0.2) is 42.7 Å². The molecule has 0 spiro atoms. The zero-order chi connectivity index (χ0) is 36.3. The molecule has 1 saturated heterocycles. The van der Waals surface area contributed by atoms with Gasteiger partial charge in [0.2, 0.25) is 18.6 Å². The maximum atomic E-state index is 13.8. The minimum absolute atomic E-state index is 0.0901. The Kier molecular flexibility index (Phi) is 13.1. The number of esters is 1. The van der Waals surface area contributed by atoms with Gasteiger partial charge in [-0.3, -0.25) is 19.3 Å². The molecule has 2 aliphatic rings. The average molecular weight is 721 g/mol. The molecule has 2 fully saturated rings. The average Bonchev–Trinajstić information content (AvgIpc) is 3.38. The Morgan fingerprint density at radius 3 is 2.31 bits per heavy atom. The largest absolute Gasteiger partial charge is 0.487 e. The van der Waals surface area contributed by atoms with Gasteiger partial charge < -0.3 is 28.4 Å². The van der Waals surface area contributed by atoms with Crippen LogP contribution in [0.5, 0.6) is 11.5 Å². The minimum atomic E-state index is -0.884. The molecule has 14 nitrogen and oxygen atoms in total. The second-order valence-electron chi connectivity index (χ2n) is 12.0. The number of likely N-dealkylation sites (tertiary alicyclic amines) is 1. The zero-order valence-corrected chi connectivity index (χ0v) is 29.3. The van der Waals surface area contributed by atoms with E-state index in [0.29, 0.717) is 79.1 Å². The SMILES string of the molecule is C#Cc1cccc(N(C(=O)OCOC(=O)C2CCC(CN3C(=O)CC(S)C3=O)CC2)c2ncnc3cc(OCCOC)c(OCCOC)cc23)c1. The van der Waals surface area contributed by atoms with E-state index < -0.39 is 30.0 Å². The summed E-state index contributed by atoms with van der Waals surface area (Å²) in [4.78, 5) is 62.5. The van der Waals surface area contributed by atoms with Crippen LogP contribution in [0.4, 0.5) is 16.3 Å². The second kappa shape index (κ2) is 17.8. The molecule has 15 heteroatoms. The van der Waals surface area contributed by atoms with Crippen LogP contribution in [0.3, 0.4) is 0 Å². The molecule has 51 heavy (non-hydrogen) atoms. The van der Waals surface area contributed by atoms with Crippen molar-refractivity contribution in [2.75, 3.05) is 58.9 Å². The van der Waals surface area contributed by atoms with Crippen LogP contribution in [-0.4, -0.2) is 98.0 Å². The Balaban J connectivity index is 1.30. The quantitative estimate of drug-likeness (QED) is 0.0594. The fraction of sp³-hybridized carbons (Fsp3) is 0.444. The third-order valence-corrected chi connectivity index (χ3v) is 9.06. The Morgan fingerprint density at radius 1 is 0.961 bits per heavy atom. The summed E-state index contributed by atoms with van der Waals surface area (Å²) < 4.78 is 33.0. The topological polar surface area (TPSA) is 156 Å². The number of hydrogen-bond donors (Lipinski definition) is 1. The first kappa shape index (κ1) is 37.3. The van der Waals surface area contributed by atoms with E-state index in [2.05, 4.69) is 28.5 Å². The van der Waals surface area contributed by atoms with Crippen LogP contribution in [0.25, 0.3) is 10.9 Å². The molecule has 1 aromatic heterocycles. The number of methoxy groups -OCH3 is 2. The lowest BCUT2D eigenvalue weighted by atomic mass is 9.82. The van der Waals surface area contributed by atoms with Crippen LogP contribution in [0.2, 0.25) is 0 Å². The van der Waals surface area contributed by atoms with Crippen molar-refractivity contribution in [3.8, 4) is 23.8 Å². The number of carbonyl (C=O) groups is 4. The molecule has 1 unspecified atom stereocenters. The van der Waals surface area contributed by atoms with E-state index in [1.165, 1.54) is 16.1 Å². The van der Waals surface area contributed by atoms with E-state index in [4.69, 9.17) is 34.8 Å². The van der Waals surface area contributed by atoms with Gasteiger partial charge in [0.05, 0.1) is 35.6 Å². The minimum Gasteiger partial charge on any atom is -0.487 e. The predicted octanol–water partition coefficient (Wildman–Crippen LogP) is 4.30. The highest BCUT2D eigenvalue weighted by Gasteiger charge is 2.38. The van der Waals surface area contributed by atoms with Crippen molar-refractivity contribution < 1.29 is 47.6 Å². The van der Waals surface area contributed by atoms with E-state index in [9.17, 15) is 19.2 Å². The number of anilines is 2. The summed E-state index contributed by atoms with van der Waals surface area (Å²) in [6, 6.07) is 10.0. The van der Waals surface area contributed by atoms with Crippen molar-refractivity contribution in [2.45, 2.75) is 37.4 Å². The lowest BCUT2D eigenvalue weighted by Gasteiger charge is -2.29. The van der Waals surface area contributed by atoms with Gasteiger partial charge in [-0.15, -0.1) is 6.42 Å². The van der Waals surface area contributed by atoms with Gasteiger partial charge >= 0.3 is 12.1 Å². The van der Waals surface area contributed by atoms with E-state index >= 15 is 0 Å². The fourth-order valence-corrected chi connectivity index (χ4v) is 6.29. The summed E-state index contributed by atoms with van der Waals surface area (Å²) in [5.41, 5.74) is 1.30. The number of ether oxygens (including phenoxy) is 6. The Hall–Kier alpha value is -4.91. The highest BCUT2D eigenvalue weighted by atomic mass is 32.1. The molecule has 1 aliphatic carbocycles. The van der Waals surface area contributed by atoms with Crippen LogP contribution in [-0.2, 0) is 33.3 Å². The third-order valence-electron chi connectivity index (χ3n) is 8.66. The number of imide groups is 1. The number of rotatable bonds is 15. The van der Waals surface area contributed by atoms with Crippen molar-refractivity contribution >= 4 is 58.9 Å². The van der Waals surface area contributed by atoms with Gasteiger partial charge in [-0.05, 0) is 55.9 Å². The Morgan fingerprint density at radius 2 is 1.67 bits per heavy atom. The molecule has 2 aromatic carbocycles. The molecule has 1 saturated carbocycles. The van der Waals surface area contributed by atoms with Gasteiger partial charge in [0, 0.05) is 44.2 Å². The molecule has 270 valence electrons. The third kappa shape index (κ3) is 9.26. The first-order valence-corrected chi connectivity index (χ1v) is 17.0. The molecule has 3 aromatic rings. The molecule has 0 radical (unpaired) electrons. The number of nitrogens with zero attached hydrogens (tertiary/aromatic N) is 4. The van der Waals surface area contributed by atoms with Crippen molar-refractivity contribution in [2.24, 2.45) is 11.8 Å². The number of aromatic nitrogens is 2. The van der Waals surface area contributed by atoms with Gasteiger partial charge in [0.1, 0.15) is 19.5 Å². The molecule has 0 bridgehead atoms. The summed E-state index contributed by atoms with van der Waals surface area (Å²) in [5, 5.41) is -0.156. The summed E-state index contributed by atoms with van der Waals surface area (Å²) in [6.07, 6.45) is 8.51. The van der Waals surface area contributed by atoms with Crippen molar-refractivity contribution in [1.82, 2.24) is 14.9 Å². The number of hydrogen-bond acceptors (Lipinski definition) is 13. The smallest absolute Gasteiger partial charge is 0.423 e. The first-order valence-electron chi connectivity index (χ1n) is 16.5. The van der Waals surface area contributed by atoms with Gasteiger partial charge in [0.15, 0.2) is 17.3 Å². The maximum absolute atomic E-state index is 13.8. The molecular formula is C36H40N4O10S. The molecular weight excluding hydrogens is 680 g/mol. The second-order valence-corrected chi connectivity index (χ2v) is 12.6. The van der Waals surface area contributed by atoms with Gasteiger partial charge in [-0.2, -0.15) is 12.6 Å². The molecule has 3 amide bonds.